The molecule has 3 heterocycles. The van der Waals surface area contributed by atoms with Crippen LogP contribution in [0.25, 0.3) is 10.9 Å². The van der Waals surface area contributed by atoms with E-state index in [1.165, 1.54) is 32.4 Å². The third-order valence-corrected chi connectivity index (χ3v) is 6.53. The summed E-state index contributed by atoms with van der Waals surface area (Å²) in [6.45, 7) is 10.8. The largest absolute Gasteiger partial charge is 0.381 e. The number of nitrogens with zero attached hydrogens (tertiary/aromatic N) is 3. The van der Waals surface area contributed by atoms with Gasteiger partial charge in [-0.2, -0.15) is 0 Å². The fourth-order valence-corrected chi connectivity index (χ4v) is 4.94. The monoisotopic (exact) mass is 394 g/mol. The molecule has 1 aromatic carbocycles. The van der Waals surface area contributed by atoms with Crippen molar-refractivity contribution in [3.63, 3.8) is 0 Å². The van der Waals surface area contributed by atoms with Gasteiger partial charge in [0.05, 0.1) is 11.1 Å². The Bertz CT molecular complexity index is 872. The van der Waals surface area contributed by atoms with Crippen molar-refractivity contribution in [3.05, 3.63) is 36.0 Å². The summed E-state index contributed by atoms with van der Waals surface area (Å²) in [5.41, 5.74) is 2.49. The number of hydrogen-bond acceptors (Lipinski definition) is 4. The molecule has 2 aliphatic rings. The highest BCUT2D eigenvalue weighted by atomic mass is 16.2. The number of pyridine rings is 1. The van der Waals surface area contributed by atoms with Crippen LogP contribution < -0.4 is 5.32 Å². The Labute approximate surface area is 174 Å². The maximum Gasteiger partial charge on any atom is 0.256 e. The normalized spacial score (nSPS) is 20.7. The molecule has 0 unspecified atom stereocenters. The molecule has 2 fully saturated rings. The first kappa shape index (κ1) is 20.1. The van der Waals surface area contributed by atoms with Crippen molar-refractivity contribution in [2.75, 3.05) is 31.5 Å². The molecule has 29 heavy (non-hydrogen) atoms. The number of piperidine rings is 1. The van der Waals surface area contributed by atoms with Crippen molar-refractivity contribution in [1.82, 2.24) is 14.8 Å². The summed E-state index contributed by atoms with van der Waals surface area (Å²) in [5, 5.41) is 4.71. The van der Waals surface area contributed by atoms with E-state index in [0.29, 0.717) is 11.6 Å². The Hall–Kier alpha value is -2.14. The number of para-hydroxylation sites is 1. The van der Waals surface area contributed by atoms with Crippen molar-refractivity contribution in [3.8, 4) is 0 Å². The van der Waals surface area contributed by atoms with Crippen molar-refractivity contribution in [1.29, 1.82) is 0 Å². The Morgan fingerprint density at radius 2 is 1.93 bits per heavy atom. The number of fused-ring (bicyclic) bond motifs is 1. The van der Waals surface area contributed by atoms with E-state index in [-0.39, 0.29) is 11.4 Å². The van der Waals surface area contributed by atoms with Gasteiger partial charge in [0.1, 0.15) is 0 Å². The van der Waals surface area contributed by atoms with Crippen molar-refractivity contribution >= 4 is 22.5 Å². The van der Waals surface area contributed by atoms with Crippen molar-refractivity contribution in [2.24, 2.45) is 0 Å². The van der Waals surface area contributed by atoms with E-state index in [9.17, 15) is 4.79 Å². The molecule has 4 rings (SSSR count). The van der Waals surface area contributed by atoms with Gasteiger partial charge in [-0.25, -0.2) is 0 Å². The molecule has 0 bridgehead atoms. The second-order valence-electron chi connectivity index (χ2n) is 9.34. The molecule has 0 spiro atoms. The van der Waals surface area contributed by atoms with Gasteiger partial charge < -0.3 is 15.1 Å². The summed E-state index contributed by atoms with van der Waals surface area (Å²) >= 11 is 0. The molecule has 0 saturated carbocycles. The number of amides is 1. The lowest BCUT2D eigenvalue weighted by molar-refractivity contribution is 0.0654. The van der Waals surface area contributed by atoms with E-state index in [1.54, 1.807) is 0 Å². The van der Waals surface area contributed by atoms with Gasteiger partial charge >= 0.3 is 0 Å². The number of aromatic nitrogens is 1. The fraction of sp³-hybridized carbons (Fsp3) is 0.583. The van der Waals surface area contributed by atoms with Gasteiger partial charge in [-0.1, -0.05) is 18.6 Å². The molecule has 5 heteroatoms. The Kier molecular flexibility index (Phi) is 5.77. The van der Waals surface area contributed by atoms with Crippen molar-refractivity contribution < 1.29 is 4.79 Å². The smallest absolute Gasteiger partial charge is 0.256 e. The first-order valence-corrected chi connectivity index (χ1v) is 11.1. The molecule has 1 N–H and O–H groups in total. The van der Waals surface area contributed by atoms with Gasteiger partial charge in [0.25, 0.3) is 5.91 Å². The minimum atomic E-state index is -0.0853. The highest BCUT2D eigenvalue weighted by Crippen LogP contribution is 2.32. The lowest BCUT2D eigenvalue weighted by Crippen LogP contribution is -2.42. The van der Waals surface area contributed by atoms with Crippen LogP contribution in [0.2, 0.25) is 0 Å². The number of carbonyl (C=O) groups excluding carboxylic acids is 1. The van der Waals surface area contributed by atoms with Crippen LogP contribution >= 0.6 is 0 Å². The molecular weight excluding hydrogens is 360 g/mol. The maximum atomic E-state index is 13.3. The Balaban J connectivity index is 1.57. The van der Waals surface area contributed by atoms with E-state index in [4.69, 9.17) is 0 Å². The van der Waals surface area contributed by atoms with Gasteiger partial charge in [0.2, 0.25) is 0 Å². The first-order chi connectivity index (χ1) is 14.0. The van der Waals surface area contributed by atoms with E-state index in [1.807, 2.05) is 29.3 Å². The molecule has 156 valence electrons. The molecule has 1 amide bonds. The molecule has 2 aromatic rings. The van der Waals surface area contributed by atoms with Gasteiger partial charge in [-0.3, -0.25) is 9.78 Å². The van der Waals surface area contributed by atoms with E-state index in [0.717, 1.165) is 42.5 Å². The summed E-state index contributed by atoms with van der Waals surface area (Å²) in [4.78, 5) is 22.5. The van der Waals surface area contributed by atoms with Gasteiger partial charge in [-0.05, 0) is 71.7 Å². The molecule has 2 saturated heterocycles. The molecule has 2 aliphatic heterocycles. The highest BCUT2D eigenvalue weighted by molar-refractivity contribution is 6.08. The molecule has 1 atom stereocenters. The SMILES string of the molecule is C[C@@H](CN1CCCCC1)Nc1ccnc2c(C(=O)N3CCCC3(C)C)cccc12. The number of carbonyl (C=O) groups is 1. The zero-order chi connectivity index (χ0) is 20.4. The lowest BCUT2D eigenvalue weighted by atomic mass is 10.0. The van der Waals surface area contributed by atoms with E-state index >= 15 is 0 Å². The second-order valence-corrected chi connectivity index (χ2v) is 9.34. The second kappa shape index (κ2) is 8.31. The van der Waals surface area contributed by atoms with Crippen LogP contribution in [-0.4, -0.2) is 58.5 Å². The van der Waals surface area contributed by atoms with Crippen LogP contribution in [0.3, 0.4) is 0 Å². The van der Waals surface area contributed by atoms with Crippen LogP contribution in [0, 0.1) is 0 Å². The number of likely N-dealkylation sites (tertiary alicyclic amines) is 2. The lowest BCUT2D eigenvalue weighted by Gasteiger charge is -2.32. The Morgan fingerprint density at radius 1 is 1.14 bits per heavy atom. The van der Waals surface area contributed by atoms with Crippen LogP contribution in [0.5, 0.6) is 0 Å². The standard InChI is InChI=1S/C24H34N4O/c1-18(17-27-14-5-4-6-15-27)26-21-11-13-25-22-19(21)9-7-10-20(22)23(29)28-16-8-12-24(28,2)3/h7,9-11,13,18H,4-6,8,12,14-17H2,1-3H3,(H,25,26)/t18-/m0/s1. The maximum absolute atomic E-state index is 13.3. The number of benzene rings is 1. The third kappa shape index (κ3) is 4.25. The van der Waals surface area contributed by atoms with Crippen LogP contribution in [0.4, 0.5) is 5.69 Å². The molecule has 5 nitrogen and oxygen atoms in total. The summed E-state index contributed by atoms with van der Waals surface area (Å²) in [6.07, 6.45) is 7.92. The van der Waals surface area contributed by atoms with Gasteiger partial charge in [0.15, 0.2) is 0 Å². The molecular formula is C24H34N4O. The molecule has 0 radical (unpaired) electrons. The van der Waals surface area contributed by atoms with E-state index < -0.39 is 0 Å². The van der Waals surface area contributed by atoms with Crippen molar-refractivity contribution in [2.45, 2.75) is 64.5 Å². The molecule has 0 aliphatic carbocycles. The van der Waals surface area contributed by atoms with E-state index in [2.05, 4.69) is 42.0 Å². The average molecular weight is 395 g/mol. The summed E-state index contributed by atoms with van der Waals surface area (Å²) in [7, 11) is 0. The number of nitrogens with one attached hydrogen (secondary N) is 1. The predicted octanol–water partition coefficient (Wildman–Crippen LogP) is 4.54. The minimum Gasteiger partial charge on any atom is -0.381 e. The molecule has 1 aromatic heterocycles. The fourth-order valence-electron chi connectivity index (χ4n) is 4.94. The minimum absolute atomic E-state index is 0.0853. The zero-order valence-electron chi connectivity index (χ0n) is 18.1. The third-order valence-electron chi connectivity index (χ3n) is 6.53. The number of anilines is 1. The first-order valence-electron chi connectivity index (χ1n) is 11.1. The summed E-state index contributed by atoms with van der Waals surface area (Å²) in [6, 6.07) is 8.36. The topological polar surface area (TPSA) is 48.5 Å². The van der Waals surface area contributed by atoms with Gasteiger partial charge in [-0.15, -0.1) is 0 Å². The van der Waals surface area contributed by atoms with Gasteiger partial charge in [0, 0.05) is 41.9 Å². The zero-order valence-corrected chi connectivity index (χ0v) is 18.1. The summed E-state index contributed by atoms with van der Waals surface area (Å²) < 4.78 is 0. The van der Waals surface area contributed by atoms with Crippen LogP contribution in [-0.2, 0) is 0 Å². The quantitative estimate of drug-likeness (QED) is 0.809. The highest BCUT2D eigenvalue weighted by Gasteiger charge is 2.36. The van der Waals surface area contributed by atoms with Crippen LogP contribution in [0.15, 0.2) is 30.5 Å². The van der Waals surface area contributed by atoms with Crippen LogP contribution in [0.1, 0.15) is 63.2 Å². The number of rotatable bonds is 5. The Morgan fingerprint density at radius 3 is 2.66 bits per heavy atom. The average Bonchev–Trinajstić information content (AvgIpc) is 3.07. The number of hydrogen-bond donors (Lipinski definition) is 1. The predicted molar refractivity (Wildman–Crippen MR) is 119 cm³/mol. The summed E-state index contributed by atoms with van der Waals surface area (Å²) in [5.74, 6) is 0.101.